The maximum Gasteiger partial charge on any atom is 0.0624 e. The molecule has 0 bridgehead atoms. The second-order valence-electron chi connectivity index (χ2n) is 4.04. The van der Waals surface area contributed by atoms with Gasteiger partial charge in [0.25, 0.3) is 0 Å². The Bertz CT molecular complexity index is 286. The molecule has 1 atom stereocenters. The minimum atomic E-state index is 0.414. The first-order chi connectivity index (χ1) is 6.83. The number of hydrogen-bond donors (Lipinski definition) is 1. The summed E-state index contributed by atoms with van der Waals surface area (Å²) in [5.74, 6) is 0. The smallest absolute Gasteiger partial charge is 0.0624 e. The molecule has 0 aliphatic carbocycles. The molecule has 2 N–H and O–H groups in total. The summed E-state index contributed by atoms with van der Waals surface area (Å²) in [6, 6.07) is 4.68. The van der Waals surface area contributed by atoms with E-state index in [4.69, 9.17) is 5.73 Å². The Morgan fingerprint density at radius 1 is 1.43 bits per heavy atom. The van der Waals surface area contributed by atoms with Crippen LogP contribution in [0.5, 0.6) is 0 Å². The maximum absolute atomic E-state index is 5.86. The van der Waals surface area contributed by atoms with Gasteiger partial charge in [0.1, 0.15) is 0 Å². The van der Waals surface area contributed by atoms with Crippen molar-refractivity contribution in [2.75, 3.05) is 19.6 Å². The van der Waals surface area contributed by atoms with Crippen molar-refractivity contribution < 1.29 is 0 Å². The van der Waals surface area contributed by atoms with Crippen LogP contribution in [0.15, 0.2) is 18.3 Å². The molecule has 1 fully saturated rings. The molecule has 1 unspecified atom stereocenters. The fourth-order valence-electron chi connectivity index (χ4n) is 2.33. The van der Waals surface area contributed by atoms with E-state index in [1.807, 2.05) is 0 Å². The van der Waals surface area contributed by atoms with Gasteiger partial charge in [-0.2, -0.15) is 0 Å². The molecular formula is C11H19N3. The number of hydrogen-bond acceptors (Lipinski definition) is 2. The van der Waals surface area contributed by atoms with E-state index >= 15 is 0 Å². The highest BCUT2D eigenvalue weighted by molar-refractivity contribution is 5.12. The van der Waals surface area contributed by atoms with Crippen LogP contribution >= 0.6 is 0 Å². The number of likely N-dealkylation sites (tertiary alicyclic amines) is 1. The summed E-state index contributed by atoms with van der Waals surface area (Å²) in [5.41, 5.74) is 7.20. The van der Waals surface area contributed by atoms with E-state index in [-0.39, 0.29) is 0 Å². The summed E-state index contributed by atoms with van der Waals surface area (Å²) in [7, 11) is 2.09. The Hall–Kier alpha value is -0.800. The summed E-state index contributed by atoms with van der Waals surface area (Å²) in [5, 5.41) is 0. The summed E-state index contributed by atoms with van der Waals surface area (Å²) in [6.07, 6.45) is 4.73. The highest BCUT2D eigenvalue weighted by atomic mass is 15.2. The Kier molecular flexibility index (Phi) is 2.89. The normalized spacial score (nSPS) is 20.1. The molecule has 0 radical (unpaired) electrons. The molecule has 3 heteroatoms. The van der Waals surface area contributed by atoms with Gasteiger partial charge >= 0.3 is 0 Å². The molecule has 1 aromatic heterocycles. The van der Waals surface area contributed by atoms with Crippen LogP contribution in [0.1, 0.15) is 24.6 Å². The molecule has 1 aromatic rings. The standard InChI is InChI=1S/C11H19N3/c1-13-6-4-5-10(13)11(9-12)14-7-2-3-8-14/h4-6,11H,2-3,7-9,12H2,1H3. The Labute approximate surface area is 85.5 Å². The SMILES string of the molecule is Cn1cccc1C(CN)N1CCCC1. The van der Waals surface area contributed by atoms with Gasteiger partial charge in [0.15, 0.2) is 0 Å². The van der Waals surface area contributed by atoms with Crippen molar-refractivity contribution in [1.82, 2.24) is 9.47 Å². The molecule has 0 aromatic carbocycles. The van der Waals surface area contributed by atoms with Gasteiger partial charge in [-0.25, -0.2) is 0 Å². The van der Waals surface area contributed by atoms with Crippen LogP contribution in [0.25, 0.3) is 0 Å². The third-order valence-corrected chi connectivity index (χ3v) is 3.13. The lowest BCUT2D eigenvalue weighted by atomic mass is 10.2. The third kappa shape index (κ3) is 1.70. The lowest BCUT2D eigenvalue weighted by molar-refractivity contribution is 0.243. The second kappa shape index (κ2) is 4.15. The van der Waals surface area contributed by atoms with Crippen molar-refractivity contribution >= 4 is 0 Å². The highest BCUT2D eigenvalue weighted by Gasteiger charge is 2.23. The number of aromatic nitrogens is 1. The van der Waals surface area contributed by atoms with Gasteiger partial charge in [-0.1, -0.05) is 0 Å². The second-order valence-corrected chi connectivity index (χ2v) is 4.04. The number of aryl methyl sites for hydroxylation is 1. The zero-order chi connectivity index (χ0) is 9.97. The van der Waals surface area contributed by atoms with Crippen molar-refractivity contribution in [2.24, 2.45) is 12.8 Å². The van der Waals surface area contributed by atoms with Crippen LogP contribution in [-0.4, -0.2) is 29.1 Å². The summed E-state index contributed by atoms with van der Waals surface area (Å²) >= 11 is 0. The van der Waals surface area contributed by atoms with Crippen LogP contribution in [0, 0.1) is 0 Å². The average Bonchev–Trinajstić information content (AvgIpc) is 2.80. The first kappa shape index (κ1) is 9.74. The van der Waals surface area contributed by atoms with Crippen molar-refractivity contribution in [1.29, 1.82) is 0 Å². The molecule has 0 spiro atoms. The first-order valence-corrected chi connectivity index (χ1v) is 5.38. The average molecular weight is 193 g/mol. The summed E-state index contributed by atoms with van der Waals surface area (Å²) in [4.78, 5) is 2.50. The van der Waals surface area contributed by atoms with E-state index in [1.165, 1.54) is 31.6 Å². The molecule has 2 rings (SSSR count). The fraction of sp³-hybridized carbons (Fsp3) is 0.636. The Balaban J connectivity index is 2.16. The topological polar surface area (TPSA) is 34.2 Å². The molecule has 1 saturated heterocycles. The largest absolute Gasteiger partial charge is 0.353 e. The number of nitrogens with two attached hydrogens (primary N) is 1. The van der Waals surface area contributed by atoms with Gasteiger partial charge in [-0.15, -0.1) is 0 Å². The zero-order valence-corrected chi connectivity index (χ0v) is 8.82. The van der Waals surface area contributed by atoms with E-state index in [1.54, 1.807) is 0 Å². The molecule has 78 valence electrons. The van der Waals surface area contributed by atoms with E-state index < -0.39 is 0 Å². The minimum absolute atomic E-state index is 0.414. The quantitative estimate of drug-likeness (QED) is 0.780. The molecule has 1 aliphatic heterocycles. The van der Waals surface area contributed by atoms with Crippen molar-refractivity contribution in [2.45, 2.75) is 18.9 Å². The van der Waals surface area contributed by atoms with E-state index in [0.717, 1.165) is 6.54 Å². The van der Waals surface area contributed by atoms with E-state index in [2.05, 4.69) is 34.8 Å². The van der Waals surface area contributed by atoms with Gasteiger partial charge in [0, 0.05) is 25.5 Å². The van der Waals surface area contributed by atoms with Gasteiger partial charge in [0.2, 0.25) is 0 Å². The van der Waals surface area contributed by atoms with Crippen LogP contribution in [0.4, 0.5) is 0 Å². The summed E-state index contributed by atoms with van der Waals surface area (Å²) < 4.78 is 2.18. The van der Waals surface area contributed by atoms with Gasteiger partial charge in [0.05, 0.1) is 6.04 Å². The predicted molar refractivity (Wildman–Crippen MR) is 58.0 cm³/mol. The molecule has 14 heavy (non-hydrogen) atoms. The van der Waals surface area contributed by atoms with E-state index in [9.17, 15) is 0 Å². The van der Waals surface area contributed by atoms with Crippen LogP contribution in [0.3, 0.4) is 0 Å². The van der Waals surface area contributed by atoms with Crippen LogP contribution < -0.4 is 5.73 Å². The molecular weight excluding hydrogens is 174 g/mol. The summed E-state index contributed by atoms with van der Waals surface area (Å²) in [6.45, 7) is 3.12. The third-order valence-electron chi connectivity index (χ3n) is 3.13. The lowest BCUT2D eigenvalue weighted by Crippen LogP contribution is -2.32. The molecule has 0 saturated carbocycles. The molecule has 3 nitrogen and oxygen atoms in total. The lowest BCUT2D eigenvalue weighted by Gasteiger charge is -2.26. The minimum Gasteiger partial charge on any atom is -0.353 e. The van der Waals surface area contributed by atoms with Gasteiger partial charge < -0.3 is 10.3 Å². The van der Waals surface area contributed by atoms with Gasteiger partial charge in [-0.05, 0) is 38.1 Å². The highest BCUT2D eigenvalue weighted by Crippen LogP contribution is 2.23. The van der Waals surface area contributed by atoms with Crippen molar-refractivity contribution in [3.63, 3.8) is 0 Å². The van der Waals surface area contributed by atoms with Crippen molar-refractivity contribution in [3.05, 3.63) is 24.0 Å². The van der Waals surface area contributed by atoms with Crippen LogP contribution in [-0.2, 0) is 7.05 Å². The maximum atomic E-state index is 5.86. The molecule has 1 aliphatic rings. The number of nitrogens with zero attached hydrogens (tertiary/aromatic N) is 2. The zero-order valence-electron chi connectivity index (χ0n) is 8.82. The predicted octanol–water partition coefficient (Wildman–Crippen LogP) is 1.12. The van der Waals surface area contributed by atoms with Crippen LogP contribution in [0.2, 0.25) is 0 Å². The first-order valence-electron chi connectivity index (χ1n) is 5.38. The number of rotatable bonds is 3. The van der Waals surface area contributed by atoms with E-state index in [0.29, 0.717) is 6.04 Å². The fourth-order valence-corrected chi connectivity index (χ4v) is 2.33. The Morgan fingerprint density at radius 2 is 2.14 bits per heavy atom. The monoisotopic (exact) mass is 193 g/mol. The van der Waals surface area contributed by atoms with Gasteiger partial charge in [-0.3, -0.25) is 4.90 Å². The molecule has 0 amide bonds. The van der Waals surface area contributed by atoms with Crippen molar-refractivity contribution in [3.8, 4) is 0 Å². The Morgan fingerprint density at radius 3 is 2.64 bits per heavy atom. The molecule has 2 heterocycles.